The van der Waals surface area contributed by atoms with Crippen molar-refractivity contribution in [2.75, 3.05) is 19.6 Å². The molecule has 2 heteroatoms. The summed E-state index contributed by atoms with van der Waals surface area (Å²) < 4.78 is 0. The molecule has 0 aromatic rings. The molecule has 1 rings (SSSR count). The second-order valence-electron chi connectivity index (χ2n) is 4.07. The first-order valence-corrected chi connectivity index (χ1v) is 10.7. The third-order valence-corrected chi connectivity index (χ3v) is 10.4. The second-order valence-corrected chi connectivity index (χ2v) is 11.3. The average Bonchev–Trinajstić information content (AvgIpc) is 2.09. The molecule has 0 amide bonds. The summed E-state index contributed by atoms with van der Waals surface area (Å²) in [6.45, 7) is 8.88. The molecule has 1 nitrogen and oxygen atoms in total. The van der Waals surface area contributed by atoms with Gasteiger partial charge in [-0.05, 0) is 0 Å². The Hall–Kier alpha value is 0.596. The Morgan fingerprint density at radius 1 is 1.08 bits per heavy atom. The van der Waals surface area contributed by atoms with Crippen LogP contribution >= 0.6 is 0 Å². The molecule has 0 aliphatic carbocycles. The molecule has 0 N–H and O–H groups in total. The van der Waals surface area contributed by atoms with E-state index in [2.05, 4.69) is 18.7 Å². The summed E-state index contributed by atoms with van der Waals surface area (Å²) in [5, 5.41) is 0. The molecule has 0 bridgehead atoms. The zero-order chi connectivity index (χ0) is 8.81. The van der Waals surface area contributed by atoms with Crippen LogP contribution in [0.15, 0.2) is 0 Å². The molecule has 1 saturated heterocycles. The summed E-state index contributed by atoms with van der Waals surface area (Å²) in [6, 6.07) is 0. The van der Waals surface area contributed by atoms with E-state index < -0.39 is 16.2 Å². The van der Waals surface area contributed by atoms with Crippen LogP contribution in [0, 0.1) is 0 Å². The first-order chi connectivity index (χ1) is 5.86. The zero-order valence-corrected chi connectivity index (χ0v) is 11.1. The van der Waals surface area contributed by atoms with E-state index in [9.17, 15) is 0 Å². The molecule has 0 spiro atoms. The van der Waals surface area contributed by atoms with Gasteiger partial charge in [0, 0.05) is 0 Å². The monoisotopic (exact) mass is 225 g/mol. The molecule has 0 radical (unpaired) electrons. The Labute approximate surface area is 82.6 Å². The van der Waals surface area contributed by atoms with Gasteiger partial charge in [-0.3, -0.25) is 0 Å². The summed E-state index contributed by atoms with van der Waals surface area (Å²) in [7, 11) is 0. The molecule has 0 saturated carbocycles. The van der Waals surface area contributed by atoms with Crippen LogP contribution in [0.25, 0.3) is 0 Å². The third kappa shape index (κ3) is 3.54. The molecular weight excluding hydrogens is 204 g/mol. The van der Waals surface area contributed by atoms with Crippen molar-refractivity contribution in [3.63, 3.8) is 0 Å². The van der Waals surface area contributed by atoms with E-state index in [1.807, 2.05) is 0 Å². The first kappa shape index (κ1) is 10.7. The van der Waals surface area contributed by atoms with Crippen molar-refractivity contribution < 1.29 is 0 Å². The van der Waals surface area contributed by atoms with Crippen molar-refractivity contribution in [3.8, 4) is 0 Å². The fraction of sp³-hybridized carbons (Fsp3) is 1.00. The van der Waals surface area contributed by atoms with E-state index in [4.69, 9.17) is 0 Å². The van der Waals surface area contributed by atoms with Crippen molar-refractivity contribution in [2.45, 2.75) is 41.6 Å². The van der Waals surface area contributed by atoms with Crippen molar-refractivity contribution in [1.29, 1.82) is 0 Å². The van der Waals surface area contributed by atoms with Gasteiger partial charge in [-0.2, -0.15) is 0 Å². The molecule has 0 aromatic carbocycles. The molecule has 1 fully saturated rings. The molecule has 0 atom stereocenters. The fourth-order valence-corrected chi connectivity index (χ4v) is 8.82. The van der Waals surface area contributed by atoms with Crippen LogP contribution in [0.1, 0.15) is 26.7 Å². The Bertz CT molecular complexity index is 94.4. The summed E-state index contributed by atoms with van der Waals surface area (Å²) in [5.41, 5.74) is 0. The van der Waals surface area contributed by atoms with Gasteiger partial charge in [-0.15, -0.1) is 0 Å². The summed E-state index contributed by atoms with van der Waals surface area (Å²) in [4.78, 5) is 7.59. The minimum atomic E-state index is -0.678. The van der Waals surface area contributed by atoms with Crippen LogP contribution in [0.3, 0.4) is 0 Å². The molecule has 0 aromatic heterocycles. The van der Waals surface area contributed by atoms with Gasteiger partial charge in [0.2, 0.25) is 0 Å². The summed E-state index contributed by atoms with van der Waals surface area (Å²) in [5.74, 6) is 0. The average molecular weight is 226 g/mol. The third-order valence-electron chi connectivity index (χ3n) is 2.94. The fourth-order valence-electron chi connectivity index (χ4n) is 2.22. The molecular formula is C10H22GaN. The molecule has 1 heterocycles. The van der Waals surface area contributed by atoms with Crippen molar-refractivity contribution in [1.82, 2.24) is 4.90 Å². The second kappa shape index (κ2) is 6.11. The molecule has 1 aliphatic heterocycles. The van der Waals surface area contributed by atoms with E-state index in [-0.39, 0.29) is 0 Å². The zero-order valence-electron chi connectivity index (χ0n) is 8.68. The first-order valence-electron chi connectivity index (χ1n) is 5.59. The standard InChI is InChI=1S/C7H15N.C3H7.Ga/c1-4-7-8(5-2)6-3;1-3-2;/h2-7H2,1H3;1,3H2,2H3;. The van der Waals surface area contributed by atoms with Crippen LogP contribution < -0.4 is 0 Å². The van der Waals surface area contributed by atoms with E-state index in [0.717, 1.165) is 0 Å². The van der Waals surface area contributed by atoms with Gasteiger partial charge in [0.05, 0.1) is 0 Å². The van der Waals surface area contributed by atoms with Crippen LogP contribution in [0.2, 0.25) is 14.9 Å². The van der Waals surface area contributed by atoms with Crippen LogP contribution in [-0.2, 0) is 0 Å². The summed E-state index contributed by atoms with van der Waals surface area (Å²) in [6.07, 6.45) is 2.80. The SMILES string of the molecule is CCCN1C[CH2][Ga]([CH2]CC)[CH2]C1. The molecule has 1 aliphatic rings. The topological polar surface area (TPSA) is 3.24 Å². The maximum absolute atomic E-state index is 2.66. The quantitative estimate of drug-likeness (QED) is 0.666. The predicted octanol–water partition coefficient (Wildman–Crippen LogP) is 2.62. The summed E-state index contributed by atoms with van der Waals surface area (Å²) >= 11 is -0.678. The van der Waals surface area contributed by atoms with Gasteiger partial charge < -0.3 is 0 Å². The van der Waals surface area contributed by atoms with Crippen LogP contribution in [0.4, 0.5) is 0 Å². The maximum atomic E-state index is 2.66. The van der Waals surface area contributed by atoms with Crippen LogP contribution in [-0.4, -0.2) is 40.8 Å². The Balaban J connectivity index is 2.11. The van der Waals surface area contributed by atoms with Gasteiger partial charge in [0.25, 0.3) is 0 Å². The minimum absolute atomic E-state index is 0.678. The Morgan fingerprint density at radius 2 is 1.75 bits per heavy atom. The number of nitrogens with zero attached hydrogens (tertiary/aromatic N) is 1. The van der Waals surface area contributed by atoms with E-state index >= 15 is 0 Å². The van der Waals surface area contributed by atoms with E-state index in [1.54, 1.807) is 14.9 Å². The predicted molar refractivity (Wildman–Crippen MR) is 57.2 cm³/mol. The normalized spacial score (nSPS) is 20.0. The van der Waals surface area contributed by atoms with Crippen molar-refractivity contribution in [2.24, 2.45) is 0 Å². The van der Waals surface area contributed by atoms with Gasteiger partial charge in [-0.25, -0.2) is 0 Å². The van der Waals surface area contributed by atoms with Crippen molar-refractivity contribution >= 4 is 16.2 Å². The van der Waals surface area contributed by atoms with Gasteiger partial charge >= 0.3 is 82.4 Å². The molecule has 0 unspecified atom stereocenters. The van der Waals surface area contributed by atoms with Gasteiger partial charge in [-0.1, -0.05) is 0 Å². The molecule has 12 heavy (non-hydrogen) atoms. The van der Waals surface area contributed by atoms with Gasteiger partial charge in [0.1, 0.15) is 0 Å². The van der Waals surface area contributed by atoms with Crippen molar-refractivity contribution in [3.05, 3.63) is 0 Å². The number of hydrogen-bond donors (Lipinski definition) is 0. The van der Waals surface area contributed by atoms with Crippen LogP contribution in [0.5, 0.6) is 0 Å². The Kier molecular flexibility index (Phi) is 5.44. The van der Waals surface area contributed by atoms with Gasteiger partial charge in [0.15, 0.2) is 0 Å². The van der Waals surface area contributed by atoms with E-state index in [0.29, 0.717) is 0 Å². The number of rotatable bonds is 4. The Morgan fingerprint density at radius 3 is 2.25 bits per heavy atom. The van der Waals surface area contributed by atoms with E-state index in [1.165, 1.54) is 32.5 Å². The molecule has 70 valence electrons. The number of hydrogen-bond acceptors (Lipinski definition) is 1.